The van der Waals surface area contributed by atoms with E-state index in [1.807, 2.05) is 0 Å². The van der Waals surface area contributed by atoms with Crippen LogP contribution in [0.1, 0.15) is 56.1 Å². The molecule has 16 nitrogen and oxygen atoms in total. The van der Waals surface area contributed by atoms with Crippen molar-refractivity contribution in [3.63, 3.8) is 0 Å². The van der Waals surface area contributed by atoms with E-state index in [0.29, 0.717) is 68.7 Å². The Hall–Kier alpha value is -5.17. The molecule has 0 bridgehead atoms. The number of alkyl carbamates (subject to hydrolysis) is 1. The predicted octanol–water partition coefficient (Wildman–Crippen LogP) is 5.10. The molecule has 4 unspecified atom stereocenters. The molecule has 0 radical (unpaired) electrons. The van der Waals surface area contributed by atoms with Crippen molar-refractivity contribution in [2.45, 2.75) is 87.7 Å². The largest absolute Gasteiger partial charge is 0.444 e. The van der Waals surface area contributed by atoms with Crippen LogP contribution < -0.4 is 21.7 Å². The van der Waals surface area contributed by atoms with Crippen LogP contribution in [0, 0.1) is 34.9 Å². The van der Waals surface area contributed by atoms with Crippen LogP contribution >= 0.6 is 48.3 Å². The molecule has 6 rings (SSSR count). The predicted molar refractivity (Wildman–Crippen MR) is 251 cm³/mol. The van der Waals surface area contributed by atoms with Gasteiger partial charge in [-0.05, 0) is 56.9 Å². The van der Waals surface area contributed by atoms with E-state index in [9.17, 15) is 50.3 Å². The highest BCUT2D eigenvalue weighted by molar-refractivity contribution is 8.01. The second-order valence-electron chi connectivity index (χ2n) is 16.5. The van der Waals surface area contributed by atoms with Crippen molar-refractivity contribution < 1.29 is 55.1 Å². The first kappa shape index (κ1) is 58.1. The average molecular weight is 1060 g/mol. The van der Waals surface area contributed by atoms with Crippen molar-refractivity contribution in [1.29, 1.82) is 0 Å². The van der Waals surface area contributed by atoms with E-state index in [1.54, 1.807) is 39.5 Å². The topological polar surface area (TPSA) is 221 Å². The number of ether oxygens (including phenoxy) is 1. The maximum Gasteiger partial charge on any atom is 0.407 e. The van der Waals surface area contributed by atoms with E-state index in [-0.39, 0.29) is 79.3 Å². The molecular formula is C43H54Cl2F6N10O6S2. The van der Waals surface area contributed by atoms with Crippen LogP contribution in [0.3, 0.4) is 0 Å². The molecule has 2 fully saturated rings. The summed E-state index contributed by atoms with van der Waals surface area (Å²) in [6, 6.07) is 0.512. The summed E-state index contributed by atoms with van der Waals surface area (Å²) < 4.78 is 86.9. The lowest BCUT2D eigenvalue weighted by atomic mass is 10.0. The number of rotatable bonds is 17. The van der Waals surface area contributed by atoms with Crippen molar-refractivity contribution in [2.24, 2.45) is 5.73 Å². The molecule has 2 aromatic heterocycles. The van der Waals surface area contributed by atoms with Crippen molar-refractivity contribution in [1.82, 2.24) is 45.7 Å². The maximum absolute atomic E-state index is 14.3. The van der Waals surface area contributed by atoms with Gasteiger partial charge in [0.05, 0.1) is 12.7 Å². The van der Waals surface area contributed by atoms with Gasteiger partial charge in [-0.25, -0.2) is 41.1 Å². The number of halogens is 8. The first-order valence-corrected chi connectivity index (χ1v) is 23.2. The zero-order chi connectivity index (χ0) is 48.8. The molecule has 4 heterocycles. The van der Waals surface area contributed by atoms with E-state index >= 15 is 0 Å². The van der Waals surface area contributed by atoms with E-state index in [4.69, 9.17) is 10.5 Å². The highest BCUT2D eigenvalue weighted by atomic mass is 35.5. The Kier molecular flexibility index (Phi) is 23.0. The van der Waals surface area contributed by atoms with Gasteiger partial charge in [0.1, 0.15) is 17.2 Å². The van der Waals surface area contributed by atoms with Crippen LogP contribution in [0.4, 0.5) is 31.1 Å². The Labute approximate surface area is 415 Å². The van der Waals surface area contributed by atoms with Crippen LogP contribution in [0.5, 0.6) is 0 Å². The minimum absolute atomic E-state index is 0. The molecule has 26 heteroatoms. The summed E-state index contributed by atoms with van der Waals surface area (Å²) in [6.07, 6.45) is 5.82. The van der Waals surface area contributed by atoms with Crippen molar-refractivity contribution in [3.8, 4) is 0 Å². The summed E-state index contributed by atoms with van der Waals surface area (Å²) >= 11 is 2.66. The zero-order valence-corrected chi connectivity index (χ0v) is 40.9. The molecule has 2 aliphatic heterocycles. The van der Waals surface area contributed by atoms with E-state index in [2.05, 4.69) is 35.9 Å². The standard InChI is InChI=1S/C24H30F3N5O4S.C19H22F3N5O2S.2ClH/c1-24(2,3)36-23(35)31-16(8-14-9-18(26)19(27)11-17(14)25)10-20(33)32-6-7-37-22(32)21(34)29-5-4-15-12-28-13-30-15;20-14-8-16(22)15(21)6-11(14)5-12(23)7-17(28)27-3-4-30-19(27)18(29)25-2-1-13-9-24-10-26-13;;/h9,11-13,16,22H,4-8,10H2,1-3H3,(H,28,30)(H,29,34)(H,31,35);6,8-10,12,19H,1-5,7,23H2,(H,24,26)(H,25,29);2*1H. The third-order valence-corrected chi connectivity index (χ3v) is 12.5. The number of benzene rings is 2. The van der Waals surface area contributed by atoms with Gasteiger partial charge in [0.25, 0.3) is 11.8 Å². The third-order valence-electron chi connectivity index (χ3n) is 10.1. The molecule has 4 atom stereocenters. The van der Waals surface area contributed by atoms with Crippen molar-refractivity contribution in [3.05, 3.63) is 107 Å². The number of carbonyl (C=O) groups excluding carboxylic acids is 5. The molecule has 4 aromatic rings. The molecule has 2 saturated heterocycles. The average Bonchev–Trinajstić information content (AvgIpc) is 4.10. The third kappa shape index (κ3) is 17.9. The number of amides is 5. The van der Waals surface area contributed by atoms with Crippen LogP contribution in [0.15, 0.2) is 49.3 Å². The minimum Gasteiger partial charge on any atom is -0.444 e. The maximum atomic E-state index is 14.3. The Balaban J connectivity index is 0.000000362. The highest BCUT2D eigenvalue weighted by Gasteiger charge is 2.37. The number of aromatic amines is 2. The van der Waals surface area contributed by atoms with Crippen molar-refractivity contribution in [2.75, 3.05) is 37.7 Å². The van der Waals surface area contributed by atoms with E-state index in [1.165, 1.54) is 39.7 Å². The fourth-order valence-corrected chi connectivity index (χ4v) is 9.25. The molecule has 0 spiro atoms. The second-order valence-corrected chi connectivity index (χ2v) is 18.9. The van der Waals surface area contributed by atoms with Gasteiger partial charge in [-0.3, -0.25) is 19.2 Å². The Bertz CT molecular complexity index is 2340. The van der Waals surface area contributed by atoms with Gasteiger partial charge in [0.2, 0.25) is 11.8 Å². The number of imidazole rings is 2. The van der Waals surface area contributed by atoms with Crippen LogP contribution in [-0.2, 0) is 49.6 Å². The molecule has 380 valence electrons. The Morgan fingerprint density at radius 1 is 0.710 bits per heavy atom. The summed E-state index contributed by atoms with van der Waals surface area (Å²) in [7, 11) is 0. The summed E-state index contributed by atoms with van der Waals surface area (Å²) in [5.74, 6) is -7.23. The summed E-state index contributed by atoms with van der Waals surface area (Å²) in [5.41, 5.74) is 6.53. The van der Waals surface area contributed by atoms with Crippen molar-refractivity contribution >= 4 is 78.1 Å². The zero-order valence-electron chi connectivity index (χ0n) is 37.6. The molecule has 69 heavy (non-hydrogen) atoms. The van der Waals surface area contributed by atoms with E-state index < -0.39 is 75.3 Å². The van der Waals surface area contributed by atoms with Crippen LogP contribution in [0.2, 0.25) is 0 Å². The molecule has 7 N–H and O–H groups in total. The number of hydrogen-bond acceptors (Lipinski definition) is 11. The van der Waals surface area contributed by atoms with Gasteiger partial charge in [-0.2, -0.15) is 0 Å². The smallest absolute Gasteiger partial charge is 0.407 e. The summed E-state index contributed by atoms with van der Waals surface area (Å²) in [6.45, 7) is 6.40. The first-order valence-electron chi connectivity index (χ1n) is 21.1. The molecule has 2 aromatic carbocycles. The quantitative estimate of drug-likeness (QED) is 0.0604. The lowest BCUT2D eigenvalue weighted by molar-refractivity contribution is -0.137. The number of aromatic nitrogens is 4. The van der Waals surface area contributed by atoms with Gasteiger partial charge < -0.3 is 46.2 Å². The number of H-pyrrole nitrogens is 2. The number of carbonyl (C=O) groups is 5. The first-order chi connectivity index (χ1) is 31.8. The fourth-order valence-electron chi connectivity index (χ4n) is 6.92. The highest BCUT2D eigenvalue weighted by Crippen LogP contribution is 2.27. The van der Waals surface area contributed by atoms with Crippen LogP contribution in [-0.4, -0.2) is 126 Å². The van der Waals surface area contributed by atoms with Gasteiger partial charge >= 0.3 is 6.09 Å². The number of hydrogen-bond donors (Lipinski definition) is 6. The van der Waals surface area contributed by atoms with Gasteiger partial charge in [-0.1, -0.05) is 0 Å². The monoisotopic (exact) mass is 1050 g/mol. The number of thioether (sulfide) groups is 2. The second kappa shape index (κ2) is 27.3. The van der Waals surface area contributed by atoms with Gasteiger partial charge in [-0.15, -0.1) is 48.3 Å². The fraction of sp³-hybridized carbons (Fsp3) is 0.465. The normalized spacial score (nSPS) is 16.3. The molecule has 0 saturated carbocycles. The lowest BCUT2D eigenvalue weighted by Gasteiger charge is -2.27. The lowest BCUT2D eigenvalue weighted by Crippen LogP contribution is -2.48. The molecule has 2 aliphatic rings. The summed E-state index contributed by atoms with van der Waals surface area (Å²) in [5, 5.41) is 6.70. The number of nitrogens with zero attached hydrogens (tertiary/aromatic N) is 4. The molecule has 5 amide bonds. The van der Waals surface area contributed by atoms with Gasteiger partial charge in [0, 0.05) is 111 Å². The SMILES string of the molecule is CC(C)(C)OC(=O)NC(CC(=O)N1CCSC1C(=O)NCCc1cnc[nH]1)Cc1cc(F)c(F)cc1F.Cl.Cl.NC(CC(=O)N1CCSC1C(=O)NCCc1cnc[nH]1)Cc1cc(F)c(F)cc1F. The minimum atomic E-state index is -1.34. The summed E-state index contributed by atoms with van der Waals surface area (Å²) in [4.78, 5) is 80.0. The van der Waals surface area contributed by atoms with E-state index in [0.717, 1.165) is 17.5 Å². The number of nitrogens with one attached hydrogen (secondary N) is 5. The molecule has 0 aliphatic carbocycles. The Morgan fingerprint density at radius 2 is 1.14 bits per heavy atom. The Morgan fingerprint density at radius 3 is 1.58 bits per heavy atom. The molecular weight excluding hydrogens is 1000 g/mol. The van der Waals surface area contributed by atoms with Gasteiger partial charge in [0.15, 0.2) is 34.0 Å². The van der Waals surface area contributed by atoms with Crippen LogP contribution in [0.25, 0.3) is 0 Å². The number of nitrogens with two attached hydrogens (primary N) is 1.